The molecule has 0 spiro atoms. The summed E-state index contributed by atoms with van der Waals surface area (Å²) >= 11 is 8.85. The van der Waals surface area contributed by atoms with Crippen LogP contribution in [0.4, 0.5) is 4.79 Å². The number of nitrogens with one attached hydrogen (secondary N) is 1. The molecule has 0 aromatic heterocycles. The normalized spacial score (nSPS) is 10.3. The van der Waals surface area contributed by atoms with Crippen LogP contribution in [0.2, 0.25) is 0 Å². The summed E-state index contributed by atoms with van der Waals surface area (Å²) in [4.78, 5) is 10.7. The third-order valence-corrected chi connectivity index (χ3v) is 4.45. The van der Waals surface area contributed by atoms with Gasteiger partial charge in [0.05, 0.1) is 7.11 Å². The molecule has 1 aromatic carbocycles. The number of benzene rings is 1. The Labute approximate surface area is 121 Å². The van der Waals surface area contributed by atoms with E-state index in [1.165, 1.54) is 5.56 Å². The molecule has 18 heavy (non-hydrogen) atoms. The molecule has 1 N–H and O–H groups in total. The van der Waals surface area contributed by atoms with Crippen LogP contribution in [0.3, 0.4) is 0 Å². The molecular weight excluding hydrogens is 318 g/mol. The standard InChI is InChI=1S/C13H17BrClNO2/c1-7-8(2)12(18-4)10(9(3)11(7)14)5-6-16-13(15)17/h5-6H2,1-4H3,(H,16,17). The maximum Gasteiger partial charge on any atom is 0.313 e. The molecule has 1 amide bonds. The number of methoxy groups -OCH3 is 1. The van der Waals surface area contributed by atoms with Gasteiger partial charge in [0.15, 0.2) is 0 Å². The highest BCUT2D eigenvalue weighted by Crippen LogP contribution is 2.36. The second-order valence-electron chi connectivity index (χ2n) is 4.15. The zero-order valence-electron chi connectivity index (χ0n) is 11.0. The van der Waals surface area contributed by atoms with Crippen molar-refractivity contribution in [3.63, 3.8) is 0 Å². The maximum atomic E-state index is 10.7. The minimum atomic E-state index is -0.533. The fraction of sp³-hybridized carbons (Fsp3) is 0.462. The predicted molar refractivity (Wildman–Crippen MR) is 77.9 cm³/mol. The van der Waals surface area contributed by atoms with E-state index in [0.29, 0.717) is 13.0 Å². The average molecular weight is 335 g/mol. The first-order chi connectivity index (χ1) is 8.40. The van der Waals surface area contributed by atoms with Gasteiger partial charge in [0, 0.05) is 16.6 Å². The Kier molecular flexibility index (Phi) is 5.47. The summed E-state index contributed by atoms with van der Waals surface area (Å²) in [5.74, 6) is 0.886. The van der Waals surface area contributed by atoms with Crippen LogP contribution >= 0.6 is 27.5 Å². The van der Waals surface area contributed by atoms with Gasteiger partial charge in [-0.15, -0.1) is 0 Å². The summed E-state index contributed by atoms with van der Waals surface area (Å²) in [6.45, 7) is 6.62. The van der Waals surface area contributed by atoms with E-state index in [0.717, 1.165) is 26.9 Å². The molecule has 100 valence electrons. The number of amides is 1. The Bertz CT molecular complexity index is 475. The number of ether oxygens (including phenoxy) is 1. The van der Waals surface area contributed by atoms with Crippen molar-refractivity contribution < 1.29 is 9.53 Å². The van der Waals surface area contributed by atoms with E-state index in [1.807, 2.05) is 13.8 Å². The molecule has 1 aromatic rings. The number of halogens is 2. The quantitative estimate of drug-likeness (QED) is 0.670. The molecule has 5 heteroatoms. The fourth-order valence-corrected chi connectivity index (χ4v) is 2.64. The molecule has 0 aliphatic rings. The minimum absolute atomic E-state index is 0.495. The molecule has 0 aliphatic heterocycles. The lowest BCUT2D eigenvalue weighted by molar-refractivity contribution is 0.260. The van der Waals surface area contributed by atoms with Crippen molar-refractivity contribution in [1.29, 1.82) is 0 Å². The van der Waals surface area contributed by atoms with E-state index in [-0.39, 0.29) is 0 Å². The van der Waals surface area contributed by atoms with Crippen LogP contribution in [-0.2, 0) is 6.42 Å². The second-order valence-corrected chi connectivity index (χ2v) is 5.29. The van der Waals surface area contributed by atoms with E-state index in [9.17, 15) is 4.79 Å². The van der Waals surface area contributed by atoms with Crippen molar-refractivity contribution in [3.05, 3.63) is 26.7 Å². The van der Waals surface area contributed by atoms with Gasteiger partial charge in [-0.2, -0.15) is 0 Å². The monoisotopic (exact) mass is 333 g/mol. The zero-order valence-corrected chi connectivity index (χ0v) is 13.3. The van der Waals surface area contributed by atoms with Gasteiger partial charge in [0.2, 0.25) is 0 Å². The Morgan fingerprint density at radius 2 is 1.89 bits per heavy atom. The number of hydrogen-bond acceptors (Lipinski definition) is 2. The lowest BCUT2D eigenvalue weighted by atomic mass is 9.97. The van der Waals surface area contributed by atoms with Crippen LogP contribution in [0.5, 0.6) is 5.75 Å². The van der Waals surface area contributed by atoms with Gasteiger partial charge in [-0.25, -0.2) is 0 Å². The molecular formula is C13H17BrClNO2. The van der Waals surface area contributed by atoms with E-state index < -0.39 is 5.37 Å². The zero-order chi connectivity index (χ0) is 13.9. The van der Waals surface area contributed by atoms with Crippen LogP contribution in [-0.4, -0.2) is 19.0 Å². The summed E-state index contributed by atoms with van der Waals surface area (Å²) in [5.41, 5.74) is 4.52. The van der Waals surface area contributed by atoms with Crippen molar-refractivity contribution in [1.82, 2.24) is 5.32 Å². The molecule has 0 saturated carbocycles. The highest BCUT2D eigenvalue weighted by Gasteiger charge is 2.16. The van der Waals surface area contributed by atoms with Crippen molar-refractivity contribution in [3.8, 4) is 5.75 Å². The van der Waals surface area contributed by atoms with E-state index in [2.05, 4.69) is 28.2 Å². The molecule has 0 radical (unpaired) electrons. The highest BCUT2D eigenvalue weighted by molar-refractivity contribution is 9.10. The Balaban J connectivity index is 3.12. The number of rotatable bonds is 4. The maximum absolute atomic E-state index is 10.7. The predicted octanol–water partition coefficient (Wildman–Crippen LogP) is 3.87. The molecule has 0 fully saturated rings. The lowest BCUT2D eigenvalue weighted by Gasteiger charge is -2.18. The van der Waals surface area contributed by atoms with Crippen LogP contribution in [0.1, 0.15) is 22.3 Å². The second kappa shape index (κ2) is 6.43. The topological polar surface area (TPSA) is 38.3 Å². The van der Waals surface area contributed by atoms with E-state index in [4.69, 9.17) is 16.3 Å². The third-order valence-electron chi connectivity index (χ3n) is 3.13. The smallest absolute Gasteiger partial charge is 0.313 e. The summed E-state index contributed by atoms with van der Waals surface area (Å²) in [7, 11) is 1.67. The summed E-state index contributed by atoms with van der Waals surface area (Å²) in [5, 5.41) is 2.05. The first kappa shape index (κ1) is 15.3. The number of carbonyl (C=O) groups is 1. The van der Waals surface area contributed by atoms with Crippen LogP contribution in [0.25, 0.3) is 0 Å². The summed E-state index contributed by atoms with van der Waals surface area (Å²) in [6.07, 6.45) is 0.688. The van der Waals surface area contributed by atoms with E-state index >= 15 is 0 Å². The first-order valence-electron chi connectivity index (χ1n) is 5.65. The first-order valence-corrected chi connectivity index (χ1v) is 6.82. The highest BCUT2D eigenvalue weighted by atomic mass is 79.9. The van der Waals surface area contributed by atoms with Gasteiger partial charge in [-0.05, 0) is 55.5 Å². The van der Waals surface area contributed by atoms with Crippen LogP contribution < -0.4 is 10.1 Å². The molecule has 0 saturated heterocycles. The van der Waals surface area contributed by atoms with Crippen LogP contribution in [0.15, 0.2) is 4.47 Å². The molecule has 1 rings (SSSR count). The van der Waals surface area contributed by atoms with Crippen molar-refractivity contribution >= 4 is 32.9 Å². The Morgan fingerprint density at radius 1 is 1.28 bits per heavy atom. The van der Waals surface area contributed by atoms with Crippen molar-refractivity contribution in [2.75, 3.05) is 13.7 Å². The minimum Gasteiger partial charge on any atom is -0.496 e. The van der Waals surface area contributed by atoms with Gasteiger partial charge in [0.25, 0.3) is 0 Å². The summed E-state index contributed by atoms with van der Waals surface area (Å²) in [6, 6.07) is 0. The van der Waals surface area contributed by atoms with Gasteiger partial charge in [-0.3, -0.25) is 4.79 Å². The van der Waals surface area contributed by atoms with E-state index in [1.54, 1.807) is 7.11 Å². The average Bonchev–Trinajstić information content (AvgIpc) is 2.33. The third kappa shape index (κ3) is 3.18. The summed E-state index contributed by atoms with van der Waals surface area (Å²) < 4.78 is 6.57. The van der Waals surface area contributed by atoms with Gasteiger partial charge >= 0.3 is 5.37 Å². The molecule has 3 nitrogen and oxygen atoms in total. The van der Waals surface area contributed by atoms with Gasteiger partial charge < -0.3 is 10.1 Å². The van der Waals surface area contributed by atoms with Gasteiger partial charge in [-0.1, -0.05) is 15.9 Å². The molecule has 0 aliphatic carbocycles. The number of carbonyl (C=O) groups excluding carboxylic acids is 1. The van der Waals surface area contributed by atoms with Crippen molar-refractivity contribution in [2.24, 2.45) is 0 Å². The fourth-order valence-electron chi connectivity index (χ4n) is 2.01. The molecule has 0 bridgehead atoms. The van der Waals surface area contributed by atoms with Crippen molar-refractivity contribution in [2.45, 2.75) is 27.2 Å². The van der Waals surface area contributed by atoms with Gasteiger partial charge in [0.1, 0.15) is 5.75 Å². The molecule has 0 unspecified atom stereocenters. The van der Waals surface area contributed by atoms with Crippen LogP contribution in [0, 0.1) is 20.8 Å². The molecule has 0 atom stereocenters. The largest absolute Gasteiger partial charge is 0.496 e. The number of hydrogen-bond donors (Lipinski definition) is 1. The lowest BCUT2D eigenvalue weighted by Crippen LogP contribution is -2.20. The molecule has 0 heterocycles. The Morgan fingerprint density at radius 3 is 2.39 bits per heavy atom. The Hall–Kier alpha value is -0.740. The SMILES string of the molecule is COc1c(C)c(C)c(Br)c(C)c1CCNC(=O)Cl.